The molecule has 1 aromatic rings. The normalized spacial score (nSPS) is 9.79. The molecule has 0 aromatic carbocycles. The number of nitrogens with zero attached hydrogens (tertiary/aromatic N) is 2. The molecule has 0 aliphatic carbocycles. The minimum atomic E-state index is 0.524. The molecule has 0 aliphatic rings. The van der Waals surface area contributed by atoms with Gasteiger partial charge in [-0.05, 0) is 14.0 Å². The molecular formula is C10H15N3O. The van der Waals surface area contributed by atoms with Crippen LogP contribution in [-0.2, 0) is 6.54 Å². The van der Waals surface area contributed by atoms with Crippen LogP contribution in [0.25, 0.3) is 0 Å². The molecule has 4 heteroatoms. The van der Waals surface area contributed by atoms with Crippen LogP contribution in [0.4, 0.5) is 6.01 Å². The molecule has 0 aliphatic heterocycles. The molecule has 1 N–H and O–H groups in total. The van der Waals surface area contributed by atoms with Gasteiger partial charge in [0.15, 0.2) is 0 Å². The summed E-state index contributed by atoms with van der Waals surface area (Å²) in [4.78, 5) is 6.19. The van der Waals surface area contributed by atoms with Crippen molar-refractivity contribution in [3.8, 4) is 12.3 Å². The molecule has 0 amide bonds. The maximum Gasteiger partial charge on any atom is 0.298 e. The van der Waals surface area contributed by atoms with E-state index >= 15 is 0 Å². The van der Waals surface area contributed by atoms with Crippen molar-refractivity contribution in [1.29, 1.82) is 0 Å². The molecule has 1 heterocycles. The van der Waals surface area contributed by atoms with E-state index in [4.69, 9.17) is 10.8 Å². The van der Waals surface area contributed by atoms with Gasteiger partial charge >= 0.3 is 0 Å². The molecule has 14 heavy (non-hydrogen) atoms. The highest BCUT2D eigenvalue weighted by molar-refractivity contribution is 5.29. The van der Waals surface area contributed by atoms with Crippen LogP contribution >= 0.6 is 0 Å². The minimum absolute atomic E-state index is 0.524. The van der Waals surface area contributed by atoms with E-state index in [1.165, 1.54) is 0 Å². The molecule has 76 valence electrons. The Morgan fingerprint density at radius 3 is 3.07 bits per heavy atom. The molecule has 1 rings (SSSR count). The Morgan fingerprint density at radius 2 is 2.50 bits per heavy atom. The first-order chi connectivity index (χ1) is 6.81. The summed E-state index contributed by atoms with van der Waals surface area (Å²) < 4.78 is 5.30. The van der Waals surface area contributed by atoms with Crippen LogP contribution in [0.5, 0.6) is 0 Å². The largest absolute Gasteiger partial charge is 0.432 e. The van der Waals surface area contributed by atoms with Crippen molar-refractivity contribution in [2.24, 2.45) is 0 Å². The Bertz CT molecular complexity index is 313. The number of anilines is 1. The highest BCUT2D eigenvalue weighted by atomic mass is 16.4. The van der Waals surface area contributed by atoms with Gasteiger partial charge in [0, 0.05) is 13.1 Å². The molecule has 0 fully saturated rings. The highest BCUT2D eigenvalue weighted by Gasteiger charge is 2.09. The van der Waals surface area contributed by atoms with Crippen LogP contribution in [-0.4, -0.2) is 25.1 Å². The first-order valence-electron chi connectivity index (χ1n) is 4.59. The summed E-state index contributed by atoms with van der Waals surface area (Å²) in [6.07, 6.45) is 6.88. The molecule has 4 nitrogen and oxygen atoms in total. The van der Waals surface area contributed by atoms with Gasteiger partial charge in [-0.25, -0.2) is 0 Å². The number of oxazole rings is 1. The van der Waals surface area contributed by atoms with Crippen LogP contribution in [0, 0.1) is 12.3 Å². The lowest BCUT2D eigenvalue weighted by Crippen LogP contribution is -2.23. The van der Waals surface area contributed by atoms with E-state index < -0.39 is 0 Å². The topological polar surface area (TPSA) is 41.3 Å². The number of rotatable bonds is 5. The fourth-order valence-electron chi connectivity index (χ4n) is 1.13. The van der Waals surface area contributed by atoms with Crippen LogP contribution in [0.2, 0.25) is 0 Å². The predicted molar refractivity (Wildman–Crippen MR) is 56.0 cm³/mol. The number of hydrogen-bond donors (Lipinski definition) is 1. The Kier molecular flexibility index (Phi) is 4.02. The maximum absolute atomic E-state index is 5.30. The molecule has 0 radical (unpaired) electrons. The van der Waals surface area contributed by atoms with Crippen molar-refractivity contribution in [1.82, 2.24) is 10.3 Å². The fourth-order valence-corrected chi connectivity index (χ4v) is 1.13. The molecule has 0 saturated heterocycles. The zero-order valence-electron chi connectivity index (χ0n) is 8.58. The summed E-state index contributed by atoms with van der Waals surface area (Å²) >= 11 is 0. The second-order valence-corrected chi connectivity index (χ2v) is 2.87. The van der Waals surface area contributed by atoms with Crippen molar-refractivity contribution in [3.63, 3.8) is 0 Å². The zero-order valence-corrected chi connectivity index (χ0v) is 8.58. The molecular weight excluding hydrogens is 178 g/mol. The van der Waals surface area contributed by atoms with Crippen LogP contribution in [0.3, 0.4) is 0 Å². The maximum atomic E-state index is 5.30. The van der Waals surface area contributed by atoms with E-state index in [-0.39, 0.29) is 0 Å². The smallest absolute Gasteiger partial charge is 0.298 e. The summed E-state index contributed by atoms with van der Waals surface area (Å²) in [7, 11) is 1.87. The summed E-state index contributed by atoms with van der Waals surface area (Å²) in [5.41, 5.74) is 0.887. The standard InChI is InChI=1S/C10H15N3O/c1-4-6-13(5-2)10-12-9(7-11-3)8-14-10/h1,8,11H,5-7H2,2-3H3. The second kappa shape index (κ2) is 5.30. The zero-order chi connectivity index (χ0) is 10.4. The van der Waals surface area contributed by atoms with E-state index in [0.29, 0.717) is 19.1 Å². The number of nitrogens with one attached hydrogen (secondary N) is 1. The lowest BCUT2D eigenvalue weighted by molar-refractivity contribution is 0.542. The average Bonchev–Trinajstić information content (AvgIpc) is 2.63. The Labute approximate surface area is 84.3 Å². The second-order valence-electron chi connectivity index (χ2n) is 2.87. The first kappa shape index (κ1) is 10.6. The molecule has 0 bridgehead atoms. The summed E-state index contributed by atoms with van der Waals surface area (Å²) in [6, 6.07) is 0.593. The van der Waals surface area contributed by atoms with Crippen LogP contribution in [0.1, 0.15) is 12.6 Å². The third kappa shape index (κ3) is 2.51. The molecule has 0 unspecified atom stereocenters. The van der Waals surface area contributed by atoms with Gasteiger partial charge in [-0.1, -0.05) is 5.92 Å². The lowest BCUT2D eigenvalue weighted by Gasteiger charge is -2.13. The molecule has 0 spiro atoms. The van der Waals surface area contributed by atoms with Gasteiger partial charge in [-0.3, -0.25) is 0 Å². The number of aromatic nitrogens is 1. The van der Waals surface area contributed by atoms with Gasteiger partial charge in [0.25, 0.3) is 6.01 Å². The number of hydrogen-bond acceptors (Lipinski definition) is 4. The van der Waals surface area contributed by atoms with Crippen molar-refractivity contribution in [2.45, 2.75) is 13.5 Å². The summed E-state index contributed by atoms with van der Waals surface area (Å²) in [5, 5.41) is 3.00. The Hall–Kier alpha value is -1.47. The van der Waals surface area contributed by atoms with Crippen LogP contribution < -0.4 is 10.2 Å². The Balaban J connectivity index is 2.69. The molecule has 0 saturated carbocycles. The van der Waals surface area contributed by atoms with E-state index in [1.807, 2.05) is 18.9 Å². The third-order valence-corrected chi connectivity index (χ3v) is 1.83. The third-order valence-electron chi connectivity index (χ3n) is 1.83. The average molecular weight is 193 g/mol. The van der Waals surface area contributed by atoms with Gasteiger partial charge in [0.05, 0.1) is 12.2 Å². The van der Waals surface area contributed by atoms with Crippen molar-refractivity contribution in [3.05, 3.63) is 12.0 Å². The van der Waals surface area contributed by atoms with E-state index in [9.17, 15) is 0 Å². The monoisotopic (exact) mass is 193 g/mol. The van der Waals surface area contributed by atoms with Gasteiger partial charge in [-0.15, -0.1) is 6.42 Å². The van der Waals surface area contributed by atoms with Gasteiger partial charge in [-0.2, -0.15) is 4.98 Å². The van der Waals surface area contributed by atoms with Crippen molar-refractivity contribution in [2.75, 3.05) is 25.0 Å². The Morgan fingerprint density at radius 1 is 1.71 bits per heavy atom. The van der Waals surface area contributed by atoms with Crippen molar-refractivity contribution < 1.29 is 4.42 Å². The number of terminal acetylenes is 1. The highest BCUT2D eigenvalue weighted by Crippen LogP contribution is 2.12. The van der Waals surface area contributed by atoms with E-state index in [0.717, 1.165) is 12.2 Å². The summed E-state index contributed by atoms with van der Waals surface area (Å²) in [5.74, 6) is 2.57. The molecule has 0 atom stereocenters. The van der Waals surface area contributed by atoms with Crippen LogP contribution in [0.15, 0.2) is 10.7 Å². The fraction of sp³-hybridized carbons (Fsp3) is 0.500. The van der Waals surface area contributed by atoms with Gasteiger partial charge in [0.2, 0.25) is 0 Å². The lowest BCUT2D eigenvalue weighted by atomic mass is 10.5. The SMILES string of the molecule is C#CCN(CC)c1nc(CNC)co1. The first-order valence-corrected chi connectivity index (χ1v) is 4.59. The van der Waals surface area contributed by atoms with Gasteiger partial charge in [0.1, 0.15) is 6.26 Å². The van der Waals surface area contributed by atoms with Gasteiger partial charge < -0.3 is 14.6 Å². The van der Waals surface area contributed by atoms with E-state index in [1.54, 1.807) is 6.26 Å². The van der Waals surface area contributed by atoms with Crippen molar-refractivity contribution >= 4 is 6.01 Å². The minimum Gasteiger partial charge on any atom is -0.432 e. The predicted octanol–water partition coefficient (Wildman–Crippen LogP) is 0.853. The van der Waals surface area contributed by atoms with E-state index in [2.05, 4.69) is 16.2 Å². The summed E-state index contributed by atoms with van der Waals surface area (Å²) in [6.45, 7) is 4.04. The molecule has 1 aromatic heterocycles. The quantitative estimate of drug-likeness (QED) is 0.704.